The van der Waals surface area contributed by atoms with Gasteiger partial charge in [0.15, 0.2) is 0 Å². The van der Waals surface area contributed by atoms with E-state index in [1.54, 1.807) is 14.0 Å². The molecule has 0 saturated carbocycles. The third-order valence-corrected chi connectivity index (χ3v) is 8.37. The highest BCUT2D eigenvalue weighted by Crippen LogP contribution is 2.09. The van der Waals surface area contributed by atoms with Crippen molar-refractivity contribution in [2.45, 2.75) is 78.2 Å². The lowest BCUT2D eigenvalue weighted by molar-refractivity contribution is -0.129. The zero-order chi connectivity index (χ0) is 42.6. The smallest absolute Gasteiger partial charge is 0.245 e. The Kier molecular flexibility index (Phi) is 43.2. The van der Waals surface area contributed by atoms with E-state index in [2.05, 4.69) is 24.5 Å². The summed E-state index contributed by atoms with van der Waals surface area (Å²) < 4.78 is 59.8. The number of hydrogen-bond acceptors (Lipinski definition) is 15. The van der Waals surface area contributed by atoms with Crippen molar-refractivity contribution in [1.29, 1.82) is 0 Å². The minimum Gasteiger partial charge on any atom is -0.385 e. The predicted octanol–water partition coefficient (Wildman–Crippen LogP) is 2.34. The monoisotopic (exact) mass is 840 g/mol. The molecule has 2 atom stereocenters. The van der Waals surface area contributed by atoms with Gasteiger partial charge in [0.05, 0.1) is 125 Å². The highest BCUT2D eigenvalue weighted by atomic mass is 16.6. The van der Waals surface area contributed by atoms with Crippen LogP contribution in [-0.4, -0.2) is 183 Å². The molecular weight excluding hydrogens is 758 g/mol. The fraction of sp³-hybridized carbons (Fsp3) is 0.927. The lowest BCUT2D eigenvalue weighted by Gasteiger charge is -2.15. The molecule has 0 aliphatic rings. The molecule has 2 amide bonds. The second-order valence-corrected chi connectivity index (χ2v) is 14.1. The fourth-order valence-electron chi connectivity index (χ4n) is 4.90. The first-order valence-electron chi connectivity index (χ1n) is 21.4. The number of amides is 2. The molecule has 0 aromatic carbocycles. The lowest BCUT2D eigenvalue weighted by atomic mass is 9.97. The summed E-state index contributed by atoms with van der Waals surface area (Å²) >= 11 is 0. The molecule has 0 aliphatic carbocycles. The van der Waals surface area contributed by atoms with Gasteiger partial charge in [-0.15, -0.1) is 0 Å². The van der Waals surface area contributed by atoms with Gasteiger partial charge in [-0.1, -0.05) is 20.8 Å². The standard InChI is InChI=1S/C41H81N3O14/c1-36(2)11-13-44-41(47)37(3)34-39(45)38(42)10-6-7-12-43-40(46)35-58-33-32-57-31-30-56-29-28-55-27-26-54-25-24-53-23-22-52-21-20-51-19-18-50-17-16-49-15-9-5-8-14-48-4/h36-38H,5-35,42H2,1-4H3,(H,43,46)(H,44,47). The Labute approximate surface area is 349 Å². The van der Waals surface area contributed by atoms with Crippen molar-refractivity contribution < 1.29 is 66.5 Å². The molecule has 0 aromatic rings. The zero-order valence-corrected chi connectivity index (χ0v) is 36.4. The molecule has 0 spiro atoms. The molecule has 17 heteroatoms. The summed E-state index contributed by atoms with van der Waals surface area (Å²) in [7, 11) is 1.72. The maximum atomic E-state index is 12.4. The van der Waals surface area contributed by atoms with Gasteiger partial charge in [-0.2, -0.15) is 0 Å². The van der Waals surface area contributed by atoms with Gasteiger partial charge in [-0.05, 0) is 50.9 Å². The predicted molar refractivity (Wildman–Crippen MR) is 220 cm³/mol. The largest absolute Gasteiger partial charge is 0.385 e. The number of unbranched alkanes of at least 4 members (excludes halogenated alkanes) is 3. The molecule has 344 valence electrons. The van der Waals surface area contributed by atoms with Crippen LogP contribution in [0.15, 0.2) is 0 Å². The van der Waals surface area contributed by atoms with Crippen LogP contribution in [0.4, 0.5) is 0 Å². The van der Waals surface area contributed by atoms with Crippen LogP contribution >= 0.6 is 0 Å². The molecule has 58 heavy (non-hydrogen) atoms. The number of methoxy groups -OCH3 is 1. The van der Waals surface area contributed by atoms with Crippen molar-refractivity contribution in [2.24, 2.45) is 17.6 Å². The number of carbonyl (C=O) groups excluding carboxylic acids is 3. The maximum absolute atomic E-state index is 12.4. The summed E-state index contributed by atoms with van der Waals surface area (Å²) in [5.41, 5.74) is 6.03. The van der Waals surface area contributed by atoms with Gasteiger partial charge in [0.1, 0.15) is 12.4 Å². The van der Waals surface area contributed by atoms with Gasteiger partial charge in [0.2, 0.25) is 11.8 Å². The van der Waals surface area contributed by atoms with Gasteiger partial charge in [-0.3, -0.25) is 14.4 Å². The molecule has 0 heterocycles. The molecule has 0 saturated heterocycles. The molecule has 2 unspecified atom stereocenters. The number of nitrogens with two attached hydrogens (primary N) is 1. The van der Waals surface area contributed by atoms with Crippen LogP contribution in [0.25, 0.3) is 0 Å². The molecule has 4 N–H and O–H groups in total. The van der Waals surface area contributed by atoms with Crippen molar-refractivity contribution in [2.75, 3.05) is 159 Å². The highest BCUT2D eigenvalue weighted by Gasteiger charge is 2.21. The minimum atomic E-state index is -0.609. The number of Topliss-reactive ketones (excluding diaryl/α,β-unsaturated/α-hetero) is 1. The number of rotatable bonds is 47. The van der Waals surface area contributed by atoms with Gasteiger partial charge in [0, 0.05) is 45.8 Å². The fourth-order valence-corrected chi connectivity index (χ4v) is 4.90. The average molecular weight is 840 g/mol. The second-order valence-electron chi connectivity index (χ2n) is 14.1. The summed E-state index contributed by atoms with van der Waals surface area (Å²) in [6.45, 7) is 17.1. The Hall–Kier alpha value is -1.87. The Bertz CT molecular complexity index is 921. The molecular formula is C41H81N3O14. The van der Waals surface area contributed by atoms with Crippen LogP contribution in [-0.2, 0) is 66.5 Å². The van der Waals surface area contributed by atoms with Crippen LogP contribution in [0.1, 0.15) is 72.1 Å². The number of ketones is 1. The number of carbonyl (C=O) groups is 3. The van der Waals surface area contributed by atoms with E-state index in [0.717, 1.165) is 38.9 Å². The maximum Gasteiger partial charge on any atom is 0.245 e. The SMILES string of the molecule is COCCCCCOCCOCCOCCOCCOCCOCCOCCOCCOCCOCC(=O)NCCCCC(N)C(=O)CC(C)C(=O)NCCC(C)C. The van der Waals surface area contributed by atoms with Crippen LogP contribution in [0, 0.1) is 11.8 Å². The summed E-state index contributed by atoms with van der Waals surface area (Å²) in [6, 6.07) is -0.609. The second kappa shape index (κ2) is 44.7. The van der Waals surface area contributed by atoms with E-state index < -0.39 is 12.0 Å². The van der Waals surface area contributed by atoms with E-state index in [0.29, 0.717) is 157 Å². The first kappa shape index (κ1) is 56.1. The number of nitrogens with one attached hydrogen (secondary N) is 2. The lowest BCUT2D eigenvalue weighted by Crippen LogP contribution is -2.36. The van der Waals surface area contributed by atoms with Crippen LogP contribution in [0.2, 0.25) is 0 Å². The molecule has 0 aromatic heterocycles. The van der Waals surface area contributed by atoms with Crippen molar-refractivity contribution >= 4 is 17.6 Å². The van der Waals surface area contributed by atoms with Crippen molar-refractivity contribution in [3.05, 3.63) is 0 Å². The van der Waals surface area contributed by atoms with Crippen molar-refractivity contribution in [1.82, 2.24) is 10.6 Å². The van der Waals surface area contributed by atoms with Crippen LogP contribution < -0.4 is 16.4 Å². The Morgan fingerprint density at radius 3 is 1.31 bits per heavy atom. The van der Waals surface area contributed by atoms with E-state index in [1.807, 2.05) is 0 Å². The van der Waals surface area contributed by atoms with E-state index in [1.165, 1.54) is 0 Å². The zero-order valence-electron chi connectivity index (χ0n) is 36.4. The third kappa shape index (κ3) is 42.3. The summed E-state index contributed by atoms with van der Waals surface area (Å²) in [4.78, 5) is 36.5. The molecule has 0 fully saturated rings. The third-order valence-electron chi connectivity index (χ3n) is 8.37. The van der Waals surface area contributed by atoms with Gasteiger partial charge >= 0.3 is 0 Å². The first-order valence-corrected chi connectivity index (χ1v) is 21.4. The van der Waals surface area contributed by atoms with Crippen LogP contribution in [0.3, 0.4) is 0 Å². The van der Waals surface area contributed by atoms with E-state index >= 15 is 0 Å². The van der Waals surface area contributed by atoms with E-state index in [4.69, 9.17) is 57.8 Å². The summed E-state index contributed by atoms with van der Waals surface area (Å²) in [6.07, 6.45) is 6.16. The Morgan fingerprint density at radius 2 is 0.879 bits per heavy atom. The number of ether oxygens (including phenoxy) is 11. The van der Waals surface area contributed by atoms with Gasteiger partial charge in [-0.25, -0.2) is 0 Å². The Balaban J connectivity index is 3.31. The van der Waals surface area contributed by atoms with Gasteiger partial charge < -0.3 is 68.5 Å². The molecule has 17 nitrogen and oxygen atoms in total. The minimum absolute atomic E-state index is 0.0548. The summed E-state index contributed by atoms with van der Waals surface area (Å²) in [5, 5.41) is 5.67. The topological polar surface area (TPSA) is 203 Å². The molecule has 0 radical (unpaired) electrons. The molecule has 0 rings (SSSR count). The van der Waals surface area contributed by atoms with E-state index in [-0.39, 0.29) is 30.6 Å². The van der Waals surface area contributed by atoms with Gasteiger partial charge in [0.25, 0.3) is 0 Å². The van der Waals surface area contributed by atoms with Crippen molar-refractivity contribution in [3.8, 4) is 0 Å². The highest BCUT2D eigenvalue weighted by molar-refractivity contribution is 5.89. The summed E-state index contributed by atoms with van der Waals surface area (Å²) in [5.74, 6) is -0.339. The van der Waals surface area contributed by atoms with Crippen LogP contribution in [0.5, 0.6) is 0 Å². The molecule has 0 aliphatic heterocycles. The first-order chi connectivity index (χ1) is 28.3. The number of hydrogen-bond donors (Lipinski definition) is 3. The van der Waals surface area contributed by atoms with E-state index in [9.17, 15) is 14.4 Å². The average Bonchev–Trinajstić information content (AvgIpc) is 3.20. The quantitative estimate of drug-likeness (QED) is 0.0754. The van der Waals surface area contributed by atoms with Crippen molar-refractivity contribution in [3.63, 3.8) is 0 Å². The Morgan fingerprint density at radius 1 is 0.466 bits per heavy atom. The normalized spacial score (nSPS) is 12.6. The molecule has 0 bridgehead atoms.